The number of nitrogens with one attached hydrogen (secondary N) is 1. The van der Waals surface area contributed by atoms with E-state index in [1.54, 1.807) is 13.1 Å². The van der Waals surface area contributed by atoms with Crippen LogP contribution in [0.2, 0.25) is 0 Å². The fourth-order valence-corrected chi connectivity index (χ4v) is 1.83. The Morgan fingerprint density at radius 2 is 2.19 bits per heavy atom. The van der Waals surface area contributed by atoms with Gasteiger partial charge >= 0.3 is 0 Å². The normalized spacial score (nSPS) is 10.7. The highest BCUT2D eigenvalue weighted by Gasteiger charge is 2.13. The van der Waals surface area contributed by atoms with Gasteiger partial charge in [0.15, 0.2) is 0 Å². The molecule has 4 nitrogen and oxygen atoms in total. The van der Waals surface area contributed by atoms with Crippen LogP contribution in [0.1, 0.15) is 10.5 Å². The molecule has 0 saturated heterocycles. The predicted molar refractivity (Wildman–Crippen MR) is 65.1 cm³/mol. The lowest BCUT2D eigenvalue weighted by Gasteiger charge is -2.11. The summed E-state index contributed by atoms with van der Waals surface area (Å²) >= 11 is 3.38. The van der Waals surface area contributed by atoms with Gasteiger partial charge in [0, 0.05) is 22.4 Å². The van der Waals surface area contributed by atoms with Gasteiger partial charge in [-0.1, -0.05) is 22.0 Å². The minimum absolute atomic E-state index is 0.199. The molecular formula is C11H11BrN2O2. The summed E-state index contributed by atoms with van der Waals surface area (Å²) in [5.74, 6) is -0.199. The molecule has 1 aromatic heterocycles. The van der Waals surface area contributed by atoms with E-state index >= 15 is 0 Å². The monoisotopic (exact) mass is 282 g/mol. The summed E-state index contributed by atoms with van der Waals surface area (Å²) in [5, 5.41) is 2.18. The zero-order chi connectivity index (χ0) is 11.7. The van der Waals surface area contributed by atoms with Crippen LogP contribution < -0.4 is 0 Å². The molecule has 0 saturated carbocycles. The second kappa shape index (κ2) is 4.27. The van der Waals surface area contributed by atoms with Crippen LogP contribution in [0.3, 0.4) is 0 Å². The number of carbonyl (C=O) groups excluding carboxylic acids is 1. The van der Waals surface area contributed by atoms with Crippen molar-refractivity contribution in [3.8, 4) is 0 Å². The number of hydroxylamine groups is 2. The number of aromatic nitrogens is 1. The van der Waals surface area contributed by atoms with Gasteiger partial charge in [0.1, 0.15) is 5.69 Å². The smallest absolute Gasteiger partial charge is 0.293 e. The maximum absolute atomic E-state index is 11.8. The Morgan fingerprint density at radius 3 is 2.88 bits per heavy atom. The molecule has 0 unspecified atom stereocenters. The van der Waals surface area contributed by atoms with Crippen LogP contribution in [-0.2, 0) is 4.84 Å². The van der Waals surface area contributed by atoms with E-state index in [1.807, 2.05) is 18.2 Å². The Kier molecular flexibility index (Phi) is 2.98. The molecule has 0 bridgehead atoms. The summed E-state index contributed by atoms with van der Waals surface area (Å²) in [6.07, 6.45) is 0. The molecule has 0 radical (unpaired) electrons. The summed E-state index contributed by atoms with van der Waals surface area (Å²) in [4.78, 5) is 19.7. The van der Waals surface area contributed by atoms with E-state index in [0.717, 1.165) is 15.4 Å². The number of benzene rings is 1. The SMILES string of the molecule is CON(C)C(=O)c1cc2ccc(Br)cc2[nH]1. The van der Waals surface area contributed by atoms with Crippen molar-refractivity contribution in [1.82, 2.24) is 10.0 Å². The first-order valence-electron chi connectivity index (χ1n) is 4.72. The molecule has 16 heavy (non-hydrogen) atoms. The van der Waals surface area contributed by atoms with Crippen LogP contribution in [0.5, 0.6) is 0 Å². The fraction of sp³-hybridized carbons (Fsp3) is 0.182. The van der Waals surface area contributed by atoms with Crippen molar-refractivity contribution in [2.75, 3.05) is 14.2 Å². The first kappa shape index (κ1) is 11.2. The number of carbonyl (C=O) groups is 1. The van der Waals surface area contributed by atoms with Crippen molar-refractivity contribution in [3.63, 3.8) is 0 Å². The third-order valence-corrected chi connectivity index (χ3v) is 2.87. The third kappa shape index (κ3) is 1.96. The Labute approximate surface area is 101 Å². The van der Waals surface area contributed by atoms with Gasteiger partial charge in [0.25, 0.3) is 5.91 Å². The van der Waals surface area contributed by atoms with E-state index in [-0.39, 0.29) is 5.91 Å². The van der Waals surface area contributed by atoms with Crippen LogP contribution in [0, 0.1) is 0 Å². The average molecular weight is 283 g/mol. The molecule has 84 valence electrons. The molecule has 0 spiro atoms. The van der Waals surface area contributed by atoms with E-state index < -0.39 is 0 Å². The van der Waals surface area contributed by atoms with Gasteiger partial charge < -0.3 is 4.98 Å². The first-order valence-corrected chi connectivity index (χ1v) is 5.51. The highest BCUT2D eigenvalue weighted by atomic mass is 79.9. The lowest BCUT2D eigenvalue weighted by atomic mass is 10.2. The minimum Gasteiger partial charge on any atom is -0.350 e. The maximum atomic E-state index is 11.8. The number of hydrogen-bond donors (Lipinski definition) is 1. The molecule has 0 aliphatic carbocycles. The van der Waals surface area contributed by atoms with Crippen molar-refractivity contribution < 1.29 is 9.63 Å². The molecule has 0 aliphatic rings. The Bertz CT molecular complexity index is 536. The summed E-state index contributed by atoms with van der Waals surface area (Å²) in [5.41, 5.74) is 1.43. The lowest BCUT2D eigenvalue weighted by Crippen LogP contribution is -2.25. The molecule has 0 fully saturated rings. The zero-order valence-electron chi connectivity index (χ0n) is 8.95. The van der Waals surface area contributed by atoms with Crippen LogP contribution in [0.4, 0.5) is 0 Å². The van der Waals surface area contributed by atoms with Crippen molar-refractivity contribution in [3.05, 3.63) is 34.4 Å². The number of H-pyrrole nitrogens is 1. The summed E-state index contributed by atoms with van der Waals surface area (Å²) < 4.78 is 0.973. The van der Waals surface area contributed by atoms with E-state index in [0.29, 0.717) is 5.69 Å². The predicted octanol–water partition coefficient (Wildman–Crippen LogP) is 2.56. The Morgan fingerprint density at radius 1 is 1.44 bits per heavy atom. The molecule has 1 heterocycles. The zero-order valence-corrected chi connectivity index (χ0v) is 10.5. The lowest BCUT2D eigenvalue weighted by molar-refractivity contribution is -0.0759. The Hall–Kier alpha value is -1.33. The van der Waals surface area contributed by atoms with Gasteiger partial charge in [-0.25, -0.2) is 5.06 Å². The largest absolute Gasteiger partial charge is 0.350 e. The van der Waals surface area contributed by atoms with Crippen molar-refractivity contribution in [2.45, 2.75) is 0 Å². The number of halogens is 1. The summed E-state index contributed by atoms with van der Waals surface area (Å²) in [6, 6.07) is 7.61. The van der Waals surface area contributed by atoms with E-state index in [2.05, 4.69) is 20.9 Å². The van der Waals surface area contributed by atoms with Crippen molar-refractivity contribution in [2.24, 2.45) is 0 Å². The van der Waals surface area contributed by atoms with Gasteiger partial charge in [-0.15, -0.1) is 0 Å². The van der Waals surface area contributed by atoms with Gasteiger partial charge in [-0.3, -0.25) is 9.63 Å². The maximum Gasteiger partial charge on any atom is 0.293 e. The highest BCUT2D eigenvalue weighted by Crippen LogP contribution is 2.20. The molecule has 1 amide bonds. The van der Waals surface area contributed by atoms with Crippen molar-refractivity contribution >= 4 is 32.7 Å². The quantitative estimate of drug-likeness (QED) is 0.861. The fourth-order valence-electron chi connectivity index (χ4n) is 1.47. The molecule has 1 aromatic carbocycles. The number of rotatable bonds is 2. The second-order valence-electron chi connectivity index (χ2n) is 3.40. The highest BCUT2D eigenvalue weighted by molar-refractivity contribution is 9.10. The number of fused-ring (bicyclic) bond motifs is 1. The van der Waals surface area contributed by atoms with Crippen LogP contribution in [-0.4, -0.2) is 30.1 Å². The van der Waals surface area contributed by atoms with E-state index in [4.69, 9.17) is 4.84 Å². The van der Waals surface area contributed by atoms with Crippen LogP contribution >= 0.6 is 15.9 Å². The van der Waals surface area contributed by atoms with Crippen LogP contribution in [0.25, 0.3) is 10.9 Å². The van der Waals surface area contributed by atoms with Gasteiger partial charge in [-0.05, 0) is 18.2 Å². The molecular weight excluding hydrogens is 272 g/mol. The summed E-state index contributed by atoms with van der Waals surface area (Å²) in [7, 11) is 3.03. The summed E-state index contributed by atoms with van der Waals surface area (Å²) in [6.45, 7) is 0. The molecule has 1 N–H and O–H groups in total. The molecule has 5 heteroatoms. The molecule has 2 rings (SSSR count). The number of nitrogens with zero attached hydrogens (tertiary/aromatic N) is 1. The van der Waals surface area contributed by atoms with Gasteiger partial charge in [0.05, 0.1) is 7.11 Å². The minimum atomic E-state index is -0.199. The van der Waals surface area contributed by atoms with Gasteiger partial charge in [0.2, 0.25) is 0 Å². The Balaban J connectivity index is 2.43. The standard InChI is InChI=1S/C11H11BrN2O2/c1-14(16-2)11(15)10-5-7-3-4-8(12)6-9(7)13-10/h3-6,13H,1-2H3. The number of aromatic amines is 1. The van der Waals surface area contributed by atoms with E-state index in [1.165, 1.54) is 12.2 Å². The number of hydrogen-bond acceptors (Lipinski definition) is 2. The second-order valence-corrected chi connectivity index (χ2v) is 4.32. The number of amides is 1. The van der Waals surface area contributed by atoms with E-state index in [9.17, 15) is 4.79 Å². The third-order valence-electron chi connectivity index (χ3n) is 2.37. The first-order chi connectivity index (χ1) is 7.61. The van der Waals surface area contributed by atoms with Gasteiger partial charge in [-0.2, -0.15) is 0 Å². The topological polar surface area (TPSA) is 45.3 Å². The molecule has 2 aromatic rings. The van der Waals surface area contributed by atoms with Crippen molar-refractivity contribution in [1.29, 1.82) is 0 Å². The molecule has 0 atom stereocenters. The van der Waals surface area contributed by atoms with Crippen LogP contribution in [0.15, 0.2) is 28.7 Å². The molecule has 0 aliphatic heterocycles. The average Bonchev–Trinajstić information content (AvgIpc) is 2.69.